The van der Waals surface area contributed by atoms with Gasteiger partial charge in [0.15, 0.2) is 0 Å². The molecule has 0 N–H and O–H groups in total. The summed E-state index contributed by atoms with van der Waals surface area (Å²) in [6, 6.07) is 2.07. The van der Waals surface area contributed by atoms with Gasteiger partial charge in [-0.2, -0.15) is 0 Å². The van der Waals surface area contributed by atoms with E-state index < -0.39 is 0 Å². The molecule has 0 fully saturated rings. The molecule has 74 valence electrons. The molecule has 0 radical (unpaired) electrons. The fourth-order valence-corrected chi connectivity index (χ4v) is 2.86. The van der Waals surface area contributed by atoms with E-state index in [0.29, 0.717) is 6.61 Å². The maximum Gasteiger partial charge on any atom is 0.0626 e. The fourth-order valence-electron chi connectivity index (χ4n) is 1.06. The largest absolute Gasteiger partial charge is 0.383 e. The van der Waals surface area contributed by atoms with Crippen molar-refractivity contribution in [1.82, 2.24) is 0 Å². The predicted molar refractivity (Wildman–Crippen MR) is 61.9 cm³/mol. The van der Waals surface area contributed by atoms with Crippen LogP contribution in [0.2, 0.25) is 0 Å². The normalized spacial score (nSPS) is 13.2. The van der Waals surface area contributed by atoms with Crippen LogP contribution in [0.4, 0.5) is 0 Å². The van der Waals surface area contributed by atoms with Crippen LogP contribution in [0.1, 0.15) is 11.3 Å². The van der Waals surface area contributed by atoms with E-state index >= 15 is 0 Å². The number of hydrogen-bond acceptors (Lipinski definition) is 2. The van der Waals surface area contributed by atoms with Gasteiger partial charge < -0.3 is 4.74 Å². The smallest absolute Gasteiger partial charge is 0.0626 e. The van der Waals surface area contributed by atoms with Crippen LogP contribution in [-0.4, -0.2) is 19.1 Å². The van der Waals surface area contributed by atoms with E-state index in [1.807, 2.05) is 0 Å². The van der Waals surface area contributed by atoms with Gasteiger partial charge in [0.05, 0.1) is 12.0 Å². The Bertz CT molecular complexity index is 252. The third-order valence-corrected chi connectivity index (χ3v) is 4.05. The number of alkyl halides is 1. The van der Waals surface area contributed by atoms with Crippen molar-refractivity contribution in [2.24, 2.45) is 0 Å². The van der Waals surface area contributed by atoms with Crippen LogP contribution in [0.15, 0.2) is 15.9 Å². The van der Waals surface area contributed by atoms with Crippen molar-refractivity contribution in [1.29, 1.82) is 0 Å². The van der Waals surface area contributed by atoms with Gasteiger partial charge in [0.2, 0.25) is 0 Å². The molecule has 0 bridgehead atoms. The van der Waals surface area contributed by atoms with E-state index in [2.05, 4.69) is 27.4 Å². The number of aryl methyl sites for hydroxylation is 1. The van der Waals surface area contributed by atoms with Gasteiger partial charge in [-0.15, -0.1) is 22.9 Å². The Morgan fingerprint density at radius 3 is 3.00 bits per heavy atom. The van der Waals surface area contributed by atoms with E-state index in [-0.39, 0.29) is 5.38 Å². The molecule has 1 atom stereocenters. The Morgan fingerprint density at radius 1 is 1.69 bits per heavy atom. The maximum absolute atomic E-state index is 6.01. The van der Waals surface area contributed by atoms with E-state index in [1.54, 1.807) is 18.4 Å². The summed E-state index contributed by atoms with van der Waals surface area (Å²) < 4.78 is 6.16. The van der Waals surface area contributed by atoms with Gasteiger partial charge in [0, 0.05) is 16.5 Å². The molecule has 0 aromatic carbocycles. The number of thiophene rings is 1. The van der Waals surface area contributed by atoms with Gasteiger partial charge in [0.25, 0.3) is 0 Å². The van der Waals surface area contributed by atoms with Crippen LogP contribution in [0.3, 0.4) is 0 Å². The minimum atomic E-state index is 0.124. The van der Waals surface area contributed by atoms with Gasteiger partial charge in [-0.1, -0.05) is 0 Å². The predicted octanol–water partition coefficient (Wildman–Crippen LogP) is 3.70. The molecule has 0 aliphatic carbocycles. The van der Waals surface area contributed by atoms with Crippen LogP contribution >= 0.6 is 38.9 Å². The zero-order chi connectivity index (χ0) is 9.68. The Hall–Kier alpha value is 0.430. The summed E-state index contributed by atoms with van der Waals surface area (Å²) in [5.41, 5.74) is 0. The molecule has 1 rings (SSSR count). The molecular weight excluding hydrogens is 272 g/mol. The van der Waals surface area contributed by atoms with E-state index in [1.165, 1.54) is 9.35 Å². The molecule has 1 aromatic heterocycles. The summed E-state index contributed by atoms with van der Waals surface area (Å²) >= 11 is 11.3. The molecule has 1 unspecified atom stereocenters. The Balaban J connectivity index is 2.30. The minimum absolute atomic E-state index is 0.124. The monoisotopic (exact) mass is 282 g/mol. The molecular formula is C9H12BrClOS. The average Bonchev–Trinajstić information content (AvgIpc) is 2.48. The van der Waals surface area contributed by atoms with Crippen molar-refractivity contribution in [3.05, 3.63) is 20.8 Å². The van der Waals surface area contributed by atoms with Crippen molar-refractivity contribution in [3.63, 3.8) is 0 Å². The zero-order valence-electron chi connectivity index (χ0n) is 7.43. The second-order valence-electron chi connectivity index (χ2n) is 2.78. The third kappa shape index (κ3) is 3.98. The lowest BCUT2D eigenvalue weighted by Crippen LogP contribution is -2.07. The van der Waals surface area contributed by atoms with Gasteiger partial charge in [-0.3, -0.25) is 0 Å². The molecule has 13 heavy (non-hydrogen) atoms. The molecule has 0 aliphatic heterocycles. The van der Waals surface area contributed by atoms with Crippen LogP contribution in [0.25, 0.3) is 0 Å². The highest BCUT2D eigenvalue weighted by Gasteiger charge is 2.06. The lowest BCUT2D eigenvalue weighted by Gasteiger charge is -2.06. The summed E-state index contributed by atoms with van der Waals surface area (Å²) in [6.07, 6.45) is 1.99. The van der Waals surface area contributed by atoms with Crippen LogP contribution in [0.5, 0.6) is 0 Å². The molecule has 0 amide bonds. The fraction of sp³-hybridized carbons (Fsp3) is 0.556. The molecule has 0 spiro atoms. The number of halogens is 2. The molecule has 1 heterocycles. The van der Waals surface area contributed by atoms with Crippen LogP contribution in [-0.2, 0) is 11.2 Å². The number of rotatable bonds is 5. The molecule has 1 nitrogen and oxygen atoms in total. The molecule has 0 saturated carbocycles. The van der Waals surface area contributed by atoms with Crippen molar-refractivity contribution in [2.75, 3.05) is 13.7 Å². The maximum atomic E-state index is 6.01. The standard InChI is InChI=1S/C9H12BrClOS/c1-12-6-7(11)2-3-9-8(10)4-5-13-9/h4-5,7H,2-3,6H2,1H3. The van der Waals surface area contributed by atoms with E-state index in [0.717, 1.165) is 12.8 Å². The highest BCUT2D eigenvalue weighted by molar-refractivity contribution is 9.10. The van der Waals surface area contributed by atoms with Gasteiger partial charge in [0.1, 0.15) is 0 Å². The van der Waals surface area contributed by atoms with Crippen molar-refractivity contribution in [3.8, 4) is 0 Å². The second kappa shape index (κ2) is 6.02. The average molecular weight is 284 g/mol. The van der Waals surface area contributed by atoms with Gasteiger partial charge in [-0.05, 0) is 40.2 Å². The molecule has 4 heteroatoms. The lowest BCUT2D eigenvalue weighted by atomic mass is 10.2. The Morgan fingerprint density at radius 2 is 2.46 bits per heavy atom. The first-order chi connectivity index (χ1) is 6.24. The highest BCUT2D eigenvalue weighted by atomic mass is 79.9. The van der Waals surface area contributed by atoms with Crippen LogP contribution < -0.4 is 0 Å². The summed E-state index contributed by atoms with van der Waals surface area (Å²) in [7, 11) is 1.68. The minimum Gasteiger partial charge on any atom is -0.383 e. The number of ether oxygens (including phenoxy) is 1. The van der Waals surface area contributed by atoms with E-state index in [9.17, 15) is 0 Å². The van der Waals surface area contributed by atoms with Crippen molar-refractivity contribution in [2.45, 2.75) is 18.2 Å². The van der Waals surface area contributed by atoms with E-state index in [4.69, 9.17) is 16.3 Å². The van der Waals surface area contributed by atoms with Gasteiger partial charge in [-0.25, -0.2) is 0 Å². The summed E-state index contributed by atoms with van der Waals surface area (Å²) in [5.74, 6) is 0. The first-order valence-corrected chi connectivity index (χ1v) is 6.20. The second-order valence-corrected chi connectivity index (χ2v) is 5.26. The van der Waals surface area contributed by atoms with Gasteiger partial charge >= 0.3 is 0 Å². The molecule has 0 aliphatic rings. The zero-order valence-corrected chi connectivity index (χ0v) is 10.6. The molecule has 1 aromatic rings. The SMILES string of the molecule is COCC(Cl)CCc1sccc1Br. The summed E-state index contributed by atoms with van der Waals surface area (Å²) in [5, 5.41) is 2.21. The first kappa shape index (κ1) is 11.5. The third-order valence-electron chi connectivity index (χ3n) is 1.72. The molecule has 0 saturated heterocycles. The Kier molecular flexibility index (Phi) is 5.32. The lowest BCUT2D eigenvalue weighted by molar-refractivity contribution is 0.195. The topological polar surface area (TPSA) is 9.23 Å². The van der Waals surface area contributed by atoms with Crippen LogP contribution in [0, 0.1) is 0 Å². The summed E-state index contributed by atoms with van der Waals surface area (Å²) in [6.45, 7) is 0.630. The number of hydrogen-bond donors (Lipinski definition) is 0. The quantitative estimate of drug-likeness (QED) is 0.749. The first-order valence-electron chi connectivity index (χ1n) is 4.09. The highest BCUT2D eigenvalue weighted by Crippen LogP contribution is 2.24. The van der Waals surface area contributed by atoms with Crippen molar-refractivity contribution < 1.29 is 4.74 Å². The Labute approximate surface area is 96.2 Å². The number of methoxy groups -OCH3 is 1. The van der Waals surface area contributed by atoms with Crippen molar-refractivity contribution >= 4 is 38.9 Å². The summed E-state index contributed by atoms with van der Waals surface area (Å²) in [4.78, 5) is 1.36.